The predicted octanol–water partition coefficient (Wildman–Crippen LogP) is 3.09. The molecule has 0 saturated carbocycles. The molecule has 2 nitrogen and oxygen atoms in total. The fourth-order valence-corrected chi connectivity index (χ4v) is 2.62. The van der Waals surface area contributed by atoms with Crippen molar-refractivity contribution in [3.63, 3.8) is 0 Å². The molecule has 2 aromatic rings. The van der Waals surface area contributed by atoms with Crippen LogP contribution in [0.15, 0.2) is 23.2 Å². The van der Waals surface area contributed by atoms with Crippen LogP contribution < -0.4 is 0 Å². The number of hydrogen-bond donors (Lipinski definition) is 0. The fourth-order valence-electron chi connectivity index (χ4n) is 0.896. The lowest BCUT2D eigenvalue weighted by molar-refractivity contribution is 0.104. The maximum absolute atomic E-state index is 11.7. The summed E-state index contributed by atoms with van der Waals surface area (Å²) in [5.74, 6) is -0.0394. The molecule has 0 amide bonds. The van der Waals surface area contributed by atoms with Gasteiger partial charge in [-0.1, -0.05) is 11.6 Å². The van der Waals surface area contributed by atoms with Crippen molar-refractivity contribution in [2.45, 2.75) is 0 Å². The van der Waals surface area contributed by atoms with Crippen molar-refractivity contribution in [3.05, 3.63) is 37.9 Å². The molecule has 0 bridgehead atoms. The summed E-state index contributed by atoms with van der Waals surface area (Å²) in [6, 6.07) is 1.72. The average Bonchev–Trinajstić information content (AvgIpc) is 2.72. The number of halogens is 1. The quantitative estimate of drug-likeness (QED) is 0.741. The van der Waals surface area contributed by atoms with Gasteiger partial charge in [0.25, 0.3) is 0 Å². The van der Waals surface area contributed by atoms with E-state index in [4.69, 9.17) is 11.6 Å². The highest BCUT2D eigenvalue weighted by Gasteiger charge is 2.15. The van der Waals surface area contributed by atoms with E-state index in [1.54, 1.807) is 23.2 Å². The first-order valence-corrected chi connectivity index (χ1v) is 5.59. The molecular weight excluding hydrogens is 226 g/mol. The molecule has 66 valence electrons. The van der Waals surface area contributed by atoms with Gasteiger partial charge in [-0.05, 0) is 11.4 Å². The van der Waals surface area contributed by atoms with Gasteiger partial charge >= 0.3 is 0 Å². The van der Waals surface area contributed by atoms with Gasteiger partial charge < -0.3 is 0 Å². The van der Waals surface area contributed by atoms with Crippen LogP contribution >= 0.6 is 34.3 Å². The Morgan fingerprint density at radius 3 is 2.85 bits per heavy atom. The zero-order valence-electron chi connectivity index (χ0n) is 6.36. The van der Waals surface area contributed by atoms with Gasteiger partial charge in [-0.2, -0.15) is 0 Å². The minimum Gasteiger partial charge on any atom is -0.287 e. The lowest BCUT2D eigenvalue weighted by atomic mass is 10.3. The van der Waals surface area contributed by atoms with E-state index in [2.05, 4.69) is 4.98 Å². The number of thiazole rings is 1. The maximum Gasteiger partial charge on any atom is 0.216 e. The molecule has 0 aliphatic rings. The minimum absolute atomic E-state index is 0.0394. The van der Waals surface area contributed by atoms with Gasteiger partial charge in [0.2, 0.25) is 5.78 Å². The fraction of sp³-hybridized carbons (Fsp3) is 0. The van der Waals surface area contributed by atoms with E-state index < -0.39 is 0 Å². The van der Waals surface area contributed by atoms with Crippen LogP contribution in [0.2, 0.25) is 5.02 Å². The Morgan fingerprint density at radius 2 is 2.31 bits per heavy atom. The van der Waals surface area contributed by atoms with E-state index >= 15 is 0 Å². The Hall–Kier alpha value is -0.710. The molecule has 0 aliphatic heterocycles. The molecule has 2 aromatic heterocycles. The van der Waals surface area contributed by atoms with Crippen LogP contribution in [0.25, 0.3) is 0 Å². The second-order valence-electron chi connectivity index (χ2n) is 2.29. The topological polar surface area (TPSA) is 30.0 Å². The van der Waals surface area contributed by atoms with E-state index in [0.717, 1.165) is 0 Å². The Balaban J connectivity index is 2.39. The van der Waals surface area contributed by atoms with E-state index in [1.807, 2.05) is 0 Å². The Labute approximate surface area is 87.8 Å². The summed E-state index contributed by atoms with van der Waals surface area (Å²) in [6.07, 6.45) is 1.56. The summed E-state index contributed by atoms with van der Waals surface area (Å²) in [4.78, 5) is 16.7. The summed E-state index contributed by atoms with van der Waals surface area (Å²) < 4.78 is 0. The summed E-state index contributed by atoms with van der Waals surface area (Å²) in [5, 5.41) is 2.32. The van der Waals surface area contributed by atoms with Gasteiger partial charge in [0, 0.05) is 6.20 Å². The normalized spacial score (nSPS) is 10.2. The van der Waals surface area contributed by atoms with E-state index in [1.165, 1.54) is 22.7 Å². The molecule has 0 aromatic carbocycles. The second-order valence-corrected chi connectivity index (χ2v) is 4.50. The molecule has 0 radical (unpaired) electrons. The van der Waals surface area contributed by atoms with Crippen molar-refractivity contribution in [2.24, 2.45) is 0 Å². The lowest BCUT2D eigenvalue weighted by Crippen LogP contribution is -1.95. The van der Waals surface area contributed by atoms with Gasteiger partial charge in [-0.25, -0.2) is 0 Å². The first-order chi connectivity index (χ1) is 6.29. The zero-order valence-corrected chi connectivity index (χ0v) is 8.75. The molecule has 5 heteroatoms. The molecule has 2 heterocycles. The molecule has 13 heavy (non-hydrogen) atoms. The van der Waals surface area contributed by atoms with Crippen molar-refractivity contribution in [3.8, 4) is 0 Å². The van der Waals surface area contributed by atoms with Gasteiger partial charge in [-0.3, -0.25) is 9.78 Å². The molecule has 0 atom stereocenters. The second kappa shape index (κ2) is 3.57. The third-order valence-electron chi connectivity index (χ3n) is 1.48. The number of rotatable bonds is 2. The van der Waals surface area contributed by atoms with Crippen LogP contribution in [-0.4, -0.2) is 10.8 Å². The van der Waals surface area contributed by atoms with Crippen LogP contribution in [0.5, 0.6) is 0 Å². The standard InChI is InChI=1S/C8H4ClNOS2/c9-5-1-2-12-8(5)7(11)6-3-10-4-13-6/h1-4H. The number of nitrogens with zero attached hydrogens (tertiary/aromatic N) is 1. The van der Waals surface area contributed by atoms with Crippen LogP contribution in [0.4, 0.5) is 0 Å². The number of thiophene rings is 1. The summed E-state index contributed by atoms with van der Waals surface area (Å²) in [7, 11) is 0. The van der Waals surface area contributed by atoms with Crippen LogP contribution in [0.1, 0.15) is 14.5 Å². The summed E-state index contributed by atoms with van der Waals surface area (Å²) >= 11 is 8.50. The Morgan fingerprint density at radius 1 is 1.46 bits per heavy atom. The van der Waals surface area contributed by atoms with Gasteiger partial charge in [0.1, 0.15) is 0 Å². The van der Waals surface area contributed by atoms with Crippen molar-refractivity contribution in [1.82, 2.24) is 4.98 Å². The molecule has 0 saturated heterocycles. The molecule has 0 unspecified atom stereocenters. The minimum atomic E-state index is -0.0394. The Kier molecular flexibility index (Phi) is 2.44. The summed E-state index contributed by atoms with van der Waals surface area (Å²) in [6.45, 7) is 0. The highest BCUT2D eigenvalue weighted by atomic mass is 35.5. The molecule has 0 fully saturated rings. The smallest absolute Gasteiger partial charge is 0.216 e. The highest BCUT2D eigenvalue weighted by molar-refractivity contribution is 7.16. The van der Waals surface area contributed by atoms with Crippen LogP contribution in [0, 0.1) is 0 Å². The molecule has 0 spiro atoms. The van der Waals surface area contributed by atoms with Gasteiger partial charge in [-0.15, -0.1) is 22.7 Å². The molecule has 0 aliphatic carbocycles. The third-order valence-corrected chi connectivity index (χ3v) is 3.59. The average molecular weight is 230 g/mol. The van der Waals surface area contributed by atoms with Crippen molar-refractivity contribution in [1.29, 1.82) is 0 Å². The van der Waals surface area contributed by atoms with Crippen molar-refractivity contribution >= 4 is 40.1 Å². The molecular formula is C8H4ClNOS2. The first-order valence-electron chi connectivity index (χ1n) is 3.45. The van der Waals surface area contributed by atoms with Crippen molar-refractivity contribution < 1.29 is 4.79 Å². The monoisotopic (exact) mass is 229 g/mol. The molecule has 0 N–H and O–H groups in total. The van der Waals surface area contributed by atoms with E-state index in [0.29, 0.717) is 14.8 Å². The SMILES string of the molecule is O=C(c1cncs1)c1sccc1Cl. The highest BCUT2D eigenvalue weighted by Crippen LogP contribution is 2.25. The Bertz CT molecular complexity index is 421. The number of aromatic nitrogens is 1. The number of carbonyl (C=O) groups is 1. The van der Waals surface area contributed by atoms with E-state index in [-0.39, 0.29) is 5.78 Å². The van der Waals surface area contributed by atoms with Gasteiger partial charge in [0.15, 0.2) is 0 Å². The first kappa shape index (κ1) is 8.87. The number of carbonyl (C=O) groups excluding carboxylic acids is 1. The van der Waals surface area contributed by atoms with Crippen LogP contribution in [-0.2, 0) is 0 Å². The zero-order chi connectivity index (χ0) is 9.26. The number of hydrogen-bond acceptors (Lipinski definition) is 4. The predicted molar refractivity (Wildman–Crippen MR) is 54.9 cm³/mol. The van der Waals surface area contributed by atoms with Crippen molar-refractivity contribution in [2.75, 3.05) is 0 Å². The largest absolute Gasteiger partial charge is 0.287 e. The van der Waals surface area contributed by atoms with Gasteiger partial charge in [0.05, 0.1) is 20.3 Å². The lowest BCUT2D eigenvalue weighted by Gasteiger charge is -1.92. The van der Waals surface area contributed by atoms with E-state index in [9.17, 15) is 4.79 Å². The van der Waals surface area contributed by atoms with Crippen LogP contribution in [0.3, 0.4) is 0 Å². The third kappa shape index (κ3) is 1.65. The summed E-state index contributed by atoms with van der Waals surface area (Å²) in [5.41, 5.74) is 1.63. The number of ketones is 1. The molecule has 2 rings (SSSR count). The maximum atomic E-state index is 11.7.